The minimum Gasteiger partial charge on any atom is -0.496 e. The molecule has 208 valence electrons. The Morgan fingerprint density at radius 2 is 1.98 bits per heavy atom. The van der Waals surface area contributed by atoms with E-state index in [1.807, 2.05) is 35.2 Å². The molecule has 3 aromatic carbocycles. The molecule has 10 heteroatoms. The molecule has 3 heterocycles. The van der Waals surface area contributed by atoms with Gasteiger partial charge in [0.25, 0.3) is 5.91 Å². The van der Waals surface area contributed by atoms with E-state index in [4.69, 9.17) is 20.4 Å². The van der Waals surface area contributed by atoms with E-state index in [-0.39, 0.29) is 18.5 Å². The van der Waals surface area contributed by atoms with Crippen molar-refractivity contribution in [2.75, 3.05) is 25.5 Å². The molecule has 1 amide bonds. The highest BCUT2D eigenvalue weighted by atomic mass is 127. The van der Waals surface area contributed by atoms with E-state index in [1.165, 1.54) is 13.2 Å². The van der Waals surface area contributed by atoms with Gasteiger partial charge in [0.15, 0.2) is 0 Å². The molecule has 2 aliphatic rings. The maximum Gasteiger partial charge on any atom is 0.253 e. The van der Waals surface area contributed by atoms with Crippen LogP contribution in [0.15, 0.2) is 71.9 Å². The third kappa shape index (κ3) is 5.53. The van der Waals surface area contributed by atoms with Crippen LogP contribution in [0.4, 0.5) is 16.0 Å². The average Bonchev–Trinajstić information content (AvgIpc) is 3.13. The van der Waals surface area contributed by atoms with Crippen molar-refractivity contribution >= 4 is 45.8 Å². The lowest BCUT2D eigenvalue weighted by Crippen LogP contribution is -2.45. The first-order valence-corrected chi connectivity index (χ1v) is 14.4. The molecule has 4 aromatic rings. The number of nitrogens with one attached hydrogen (secondary N) is 1. The van der Waals surface area contributed by atoms with Crippen molar-refractivity contribution in [3.8, 4) is 17.0 Å². The van der Waals surface area contributed by atoms with Crippen LogP contribution < -0.4 is 15.8 Å². The fourth-order valence-corrected chi connectivity index (χ4v) is 5.80. The Morgan fingerprint density at radius 3 is 2.76 bits per heavy atom. The number of likely N-dealkylation sites (tertiary alicyclic amines) is 1. The van der Waals surface area contributed by atoms with Crippen LogP contribution in [0.1, 0.15) is 39.9 Å². The number of methoxy groups -OCH3 is 1. The zero-order valence-electron chi connectivity index (χ0n) is 22.4. The van der Waals surface area contributed by atoms with Crippen LogP contribution in [0.5, 0.6) is 5.75 Å². The van der Waals surface area contributed by atoms with E-state index in [1.54, 1.807) is 30.5 Å². The molecule has 0 radical (unpaired) electrons. The molecule has 0 spiro atoms. The number of nitrogens with two attached hydrogens (primary N) is 1. The normalized spacial score (nSPS) is 16.2. The molecule has 2 aliphatic heterocycles. The molecule has 1 fully saturated rings. The maximum absolute atomic E-state index is 15.2. The Morgan fingerprint density at radius 1 is 1.15 bits per heavy atom. The van der Waals surface area contributed by atoms with Gasteiger partial charge < -0.3 is 20.7 Å². The standard InChI is InChI=1S/C31H28FIN6O2/c1-41-26-6-2-5-25(32)27(26)29-24-14-20(33)9-12-23(24)28-19(15-35-29)16-36-31(38-28)37-22-10-7-18(8-11-22)30(40)39-13-3-4-21(34)17-39/h2,5-12,14,16,21H,3-4,13,15,17,34H2,1H3,(H,36,37,38). The number of aromatic nitrogens is 2. The summed E-state index contributed by atoms with van der Waals surface area (Å²) in [6.07, 6.45) is 3.61. The lowest BCUT2D eigenvalue weighted by Gasteiger charge is -2.30. The van der Waals surface area contributed by atoms with Gasteiger partial charge in [-0.2, -0.15) is 0 Å². The molecule has 1 saturated heterocycles. The third-order valence-corrected chi connectivity index (χ3v) is 8.00. The predicted molar refractivity (Wildman–Crippen MR) is 165 cm³/mol. The summed E-state index contributed by atoms with van der Waals surface area (Å²) in [5, 5.41) is 3.25. The second kappa shape index (κ2) is 11.5. The largest absolute Gasteiger partial charge is 0.496 e. The first-order valence-electron chi connectivity index (χ1n) is 13.4. The first kappa shape index (κ1) is 27.3. The van der Waals surface area contributed by atoms with Crippen molar-refractivity contribution in [2.45, 2.75) is 25.4 Å². The molecule has 6 rings (SSSR count). The van der Waals surface area contributed by atoms with E-state index in [2.05, 4.69) is 32.9 Å². The van der Waals surface area contributed by atoms with E-state index in [9.17, 15) is 4.79 Å². The number of amides is 1. The van der Waals surface area contributed by atoms with Crippen LogP contribution >= 0.6 is 22.6 Å². The number of anilines is 2. The van der Waals surface area contributed by atoms with Gasteiger partial charge in [-0.25, -0.2) is 14.4 Å². The Labute approximate surface area is 251 Å². The Hall–Kier alpha value is -3.90. The lowest BCUT2D eigenvalue weighted by atomic mass is 9.94. The monoisotopic (exact) mass is 662 g/mol. The average molecular weight is 663 g/mol. The number of carbonyl (C=O) groups excluding carboxylic acids is 1. The summed E-state index contributed by atoms with van der Waals surface area (Å²) in [6, 6.07) is 18.0. The second-order valence-electron chi connectivity index (χ2n) is 10.1. The highest BCUT2D eigenvalue weighted by Crippen LogP contribution is 2.35. The van der Waals surface area contributed by atoms with E-state index >= 15 is 4.39 Å². The van der Waals surface area contributed by atoms with Gasteiger partial charge in [-0.05, 0) is 84.0 Å². The smallest absolute Gasteiger partial charge is 0.253 e. The molecular weight excluding hydrogens is 634 g/mol. The molecule has 1 aromatic heterocycles. The Balaban J connectivity index is 1.30. The number of hydrogen-bond donors (Lipinski definition) is 2. The van der Waals surface area contributed by atoms with Crippen LogP contribution in [-0.2, 0) is 6.54 Å². The molecule has 0 saturated carbocycles. The van der Waals surface area contributed by atoms with E-state index in [0.29, 0.717) is 35.1 Å². The van der Waals surface area contributed by atoms with Gasteiger partial charge in [0.2, 0.25) is 5.95 Å². The Bertz CT molecular complexity index is 1660. The quantitative estimate of drug-likeness (QED) is 0.272. The topological polar surface area (TPSA) is 106 Å². The maximum atomic E-state index is 15.2. The number of carbonyl (C=O) groups is 1. The number of piperidine rings is 1. The van der Waals surface area contributed by atoms with Gasteiger partial charge in [0.1, 0.15) is 11.6 Å². The van der Waals surface area contributed by atoms with E-state index < -0.39 is 5.82 Å². The molecule has 8 nitrogen and oxygen atoms in total. The summed E-state index contributed by atoms with van der Waals surface area (Å²) in [7, 11) is 1.52. The van der Waals surface area contributed by atoms with Crippen LogP contribution in [-0.4, -0.2) is 52.7 Å². The molecule has 41 heavy (non-hydrogen) atoms. The van der Waals surface area contributed by atoms with E-state index in [0.717, 1.165) is 51.0 Å². The summed E-state index contributed by atoms with van der Waals surface area (Å²) in [5.74, 6) is 0.401. The number of ether oxygens (including phenoxy) is 1. The summed E-state index contributed by atoms with van der Waals surface area (Å²) in [6.45, 7) is 1.59. The summed E-state index contributed by atoms with van der Waals surface area (Å²) < 4.78 is 21.6. The van der Waals surface area contributed by atoms with Crippen molar-refractivity contribution in [3.63, 3.8) is 0 Å². The van der Waals surface area contributed by atoms with Crippen molar-refractivity contribution in [2.24, 2.45) is 10.7 Å². The first-order chi connectivity index (χ1) is 19.9. The number of aliphatic imine (C=N–C) groups is 1. The minimum atomic E-state index is -0.405. The molecule has 1 atom stereocenters. The zero-order valence-corrected chi connectivity index (χ0v) is 24.6. The van der Waals surface area contributed by atoms with Crippen LogP contribution in [0.25, 0.3) is 11.3 Å². The fourth-order valence-electron chi connectivity index (χ4n) is 5.30. The number of fused-ring (bicyclic) bond motifs is 3. The summed E-state index contributed by atoms with van der Waals surface area (Å²) >= 11 is 2.24. The van der Waals surface area contributed by atoms with Gasteiger partial charge in [0.05, 0.1) is 30.6 Å². The number of halogens is 2. The fraction of sp³-hybridized carbons (Fsp3) is 0.226. The van der Waals surface area contributed by atoms with Crippen LogP contribution in [0, 0.1) is 9.39 Å². The number of rotatable bonds is 5. The number of benzene rings is 3. The predicted octanol–water partition coefficient (Wildman–Crippen LogP) is 5.55. The highest BCUT2D eigenvalue weighted by Gasteiger charge is 2.26. The lowest BCUT2D eigenvalue weighted by molar-refractivity contribution is 0.0709. The van der Waals surface area contributed by atoms with Gasteiger partial charge >= 0.3 is 0 Å². The second-order valence-corrected chi connectivity index (χ2v) is 11.3. The van der Waals surface area contributed by atoms with Crippen molar-refractivity contribution in [1.82, 2.24) is 14.9 Å². The highest BCUT2D eigenvalue weighted by molar-refractivity contribution is 14.1. The summed E-state index contributed by atoms with van der Waals surface area (Å²) in [5.41, 5.74) is 11.4. The van der Waals surface area contributed by atoms with Crippen molar-refractivity contribution in [1.29, 1.82) is 0 Å². The van der Waals surface area contributed by atoms with Gasteiger partial charge in [-0.1, -0.05) is 12.1 Å². The third-order valence-electron chi connectivity index (χ3n) is 7.33. The molecule has 0 bridgehead atoms. The number of nitrogens with zero attached hydrogens (tertiary/aromatic N) is 4. The summed E-state index contributed by atoms with van der Waals surface area (Å²) in [4.78, 5) is 28.9. The molecule has 0 aliphatic carbocycles. The van der Waals surface area contributed by atoms with Crippen molar-refractivity contribution < 1.29 is 13.9 Å². The van der Waals surface area contributed by atoms with Crippen molar-refractivity contribution in [3.05, 3.63) is 98.5 Å². The SMILES string of the molecule is COc1cccc(F)c1C1=NCc2cnc(Nc3ccc(C(=O)N4CCCC(N)C4)cc3)nc2-c2ccc(I)cc21. The Kier molecular flexibility index (Phi) is 7.67. The number of hydrogen-bond acceptors (Lipinski definition) is 7. The van der Waals surface area contributed by atoms with Gasteiger partial charge in [-0.15, -0.1) is 0 Å². The van der Waals surface area contributed by atoms with Gasteiger partial charge in [0, 0.05) is 56.8 Å². The van der Waals surface area contributed by atoms with Crippen LogP contribution in [0.2, 0.25) is 0 Å². The zero-order chi connectivity index (χ0) is 28.5. The molecule has 1 unspecified atom stereocenters. The molecular formula is C31H28FIN6O2. The minimum absolute atomic E-state index is 0.0125. The molecule has 3 N–H and O–H groups in total. The van der Waals surface area contributed by atoms with Crippen LogP contribution in [0.3, 0.4) is 0 Å². The van der Waals surface area contributed by atoms with Gasteiger partial charge in [-0.3, -0.25) is 9.79 Å².